The van der Waals surface area contributed by atoms with Crippen molar-refractivity contribution in [2.75, 3.05) is 0 Å². The van der Waals surface area contributed by atoms with Gasteiger partial charge in [-0.15, -0.1) is 0 Å². The third-order valence-corrected chi connectivity index (χ3v) is 4.89. The molecule has 1 aliphatic carbocycles. The van der Waals surface area contributed by atoms with E-state index in [0.717, 1.165) is 30.0 Å². The topological polar surface area (TPSA) is 39.4 Å². The standard InChI is InChI=1S/C24H19F4N3O/c25-23-20(2-1-3-21(23)24(26,27)28)15-32-30-22(14-31-13-12-29-16-31)19-10-8-18(9-11-19)7-6-17-4-5-17/h1-3,8-13,16-17H,4-5,14-15H2/b30-22+. The molecule has 0 spiro atoms. The van der Waals surface area contributed by atoms with Gasteiger partial charge in [0.25, 0.3) is 0 Å². The van der Waals surface area contributed by atoms with Gasteiger partial charge in [-0.1, -0.05) is 41.3 Å². The summed E-state index contributed by atoms with van der Waals surface area (Å²) in [6, 6.07) is 10.5. The molecule has 0 aliphatic heterocycles. The summed E-state index contributed by atoms with van der Waals surface area (Å²) in [6.45, 7) is -0.119. The van der Waals surface area contributed by atoms with Crippen LogP contribution in [0.2, 0.25) is 0 Å². The zero-order valence-corrected chi connectivity index (χ0v) is 16.9. The average Bonchev–Trinajstić information content (AvgIpc) is 3.46. The fraction of sp³-hybridized carbons (Fsp3) is 0.250. The number of benzene rings is 2. The molecule has 0 unspecified atom stereocenters. The highest BCUT2D eigenvalue weighted by molar-refractivity contribution is 6.00. The minimum absolute atomic E-state index is 0.226. The van der Waals surface area contributed by atoms with Crippen LogP contribution in [0.5, 0.6) is 0 Å². The van der Waals surface area contributed by atoms with E-state index in [0.29, 0.717) is 24.2 Å². The van der Waals surface area contributed by atoms with Crippen LogP contribution in [0.4, 0.5) is 17.6 Å². The van der Waals surface area contributed by atoms with Crippen LogP contribution in [-0.4, -0.2) is 15.3 Å². The van der Waals surface area contributed by atoms with Gasteiger partial charge in [0, 0.05) is 35.0 Å². The van der Waals surface area contributed by atoms with E-state index in [9.17, 15) is 17.6 Å². The number of halogens is 4. The van der Waals surface area contributed by atoms with Crippen LogP contribution in [-0.2, 0) is 24.2 Å². The van der Waals surface area contributed by atoms with Gasteiger partial charge in [-0.05, 0) is 31.0 Å². The summed E-state index contributed by atoms with van der Waals surface area (Å²) in [5.41, 5.74) is 0.590. The molecule has 0 bridgehead atoms. The van der Waals surface area contributed by atoms with Crippen molar-refractivity contribution >= 4 is 5.71 Å². The van der Waals surface area contributed by atoms with Gasteiger partial charge in [0.15, 0.2) is 0 Å². The third-order valence-electron chi connectivity index (χ3n) is 4.89. The lowest BCUT2D eigenvalue weighted by Crippen LogP contribution is -2.12. The molecule has 8 heteroatoms. The number of nitrogens with zero attached hydrogens (tertiary/aromatic N) is 3. The molecule has 1 aromatic heterocycles. The molecule has 2 aromatic carbocycles. The van der Waals surface area contributed by atoms with E-state index in [-0.39, 0.29) is 5.56 Å². The molecular weight excluding hydrogens is 422 g/mol. The molecule has 1 fully saturated rings. The average molecular weight is 441 g/mol. The zero-order valence-electron chi connectivity index (χ0n) is 16.9. The SMILES string of the molecule is Fc1c(CO/N=C(\Cn2ccnc2)c2ccc(C#CC3CC3)cc2)cccc1C(F)(F)F. The molecule has 4 rings (SSSR count). The number of oxime groups is 1. The van der Waals surface area contributed by atoms with E-state index in [4.69, 9.17) is 4.84 Å². The van der Waals surface area contributed by atoms with Crippen LogP contribution in [0.25, 0.3) is 0 Å². The Kier molecular flexibility index (Phi) is 6.26. The number of aromatic nitrogens is 2. The van der Waals surface area contributed by atoms with Crippen LogP contribution >= 0.6 is 0 Å². The highest BCUT2D eigenvalue weighted by Gasteiger charge is 2.34. The first-order valence-corrected chi connectivity index (χ1v) is 10.0. The Balaban J connectivity index is 1.52. The summed E-state index contributed by atoms with van der Waals surface area (Å²) in [6.07, 6.45) is 2.50. The molecule has 32 heavy (non-hydrogen) atoms. The second-order valence-electron chi connectivity index (χ2n) is 7.44. The van der Waals surface area contributed by atoms with E-state index < -0.39 is 24.2 Å². The molecule has 1 heterocycles. The molecule has 3 aromatic rings. The molecule has 164 valence electrons. The fourth-order valence-electron chi connectivity index (χ4n) is 2.98. The molecule has 0 atom stereocenters. The van der Waals surface area contributed by atoms with Gasteiger partial charge in [0.1, 0.15) is 18.1 Å². The Labute approximate surface area is 182 Å². The van der Waals surface area contributed by atoms with E-state index in [2.05, 4.69) is 22.0 Å². The molecule has 1 saturated carbocycles. The first kappa shape index (κ1) is 21.6. The van der Waals surface area contributed by atoms with Crippen molar-refractivity contribution in [3.8, 4) is 11.8 Å². The van der Waals surface area contributed by atoms with E-state index in [1.54, 1.807) is 23.3 Å². The Morgan fingerprint density at radius 1 is 1.16 bits per heavy atom. The van der Waals surface area contributed by atoms with Crippen LogP contribution in [0, 0.1) is 23.6 Å². The fourth-order valence-corrected chi connectivity index (χ4v) is 2.98. The summed E-state index contributed by atoms with van der Waals surface area (Å²) in [5, 5.41) is 4.10. The van der Waals surface area contributed by atoms with Crippen molar-refractivity contribution in [3.63, 3.8) is 0 Å². The van der Waals surface area contributed by atoms with E-state index in [1.807, 2.05) is 24.3 Å². The van der Waals surface area contributed by atoms with Crippen molar-refractivity contribution in [2.45, 2.75) is 32.2 Å². The van der Waals surface area contributed by atoms with Crippen LogP contribution in [0.3, 0.4) is 0 Å². The van der Waals surface area contributed by atoms with Crippen molar-refractivity contribution in [1.82, 2.24) is 9.55 Å². The molecule has 0 amide bonds. The van der Waals surface area contributed by atoms with Crippen LogP contribution in [0.1, 0.15) is 35.1 Å². The lowest BCUT2D eigenvalue weighted by atomic mass is 10.1. The van der Waals surface area contributed by atoms with Gasteiger partial charge in [0.05, 0.1) is 18.4 Å². The van der Waals surface area contributed by atoms with Gasteiger partial charge >= 0.3 is 6.18 Å². The Morgan fingerprint density at radius 3 is 2.59 bits per heavy atom. The smallest absolute Gasteiger partial charge is 0.391 e. The maximum Gasteiger partial charge on any atom is 0.419 e. The number of alkyl halides is 3. The lowest BCUT2D eigenvalue weighted by molar-refractivity contribution is -0.140. The molecule has 4 nitrogen and oxygen atoms in total. The monoisotopic (exact) mass is 441 g/mol. The summed E-state index contributed by atoms with van der Waals surface area (Å²) in [4.78, 5) is 9.26. The first-order chi connectivity index (χ1) is 15.4. The first-order valence-electron chi connectivity index (χ1n) is 10.0. The molecule has 0 N–H and O–H groups in total. The van der Waals surface area contributed by atoms with Gasteiger partial charge in [0.2, 0.25) is 0 Å². The van der Waals surface area contributed by atoms with E-state index >= 15 is 0 Å². The number of rotatable bonds is 6. The normalized spacial score (nSPS) is 14.1. The molecule has 1 aliphatic rings. The second kappa shape index (κ2) is 9.27. The Hall–Kier alpha value is -3.60. The summed E-state index contributed by atoms with van der Waals surface area (Å²) >= 11 is 0. The van der Waals surface area contributed by atoms with Gasteiger partial charge < -0.3 is 9.40 Å². The van der Waals surface area contributed by atoms with Crippen molar-refractivity contribution in [3.05, 3.63) is 89.3 Å². The quantitative estimate of drug-likeness (QED) is 0.222. The molecule has 0 saturated heterocycles. The summed E-state index contributed by atoms with van der Waals surface area (Å²) in [5.74, 6) is 5.48. The van der Waals surface area contributed by atoms with Gasteiger partial charge in [-0.3, -0.25) is 0 Å². The van der Waals surface area contributed by atoms with Crippen molar-refractivity contribution in [2.24, 2.45) is 11.1 Å². The minimum atomic E-state index is -4.78. The lowest BCUT2D eigenvalue weighted by Gasteiger charge is -2.11. The predicted molar refractivity (Wildman–Crippen MR) is 111 cm³/mol. The largest absolute Gasteiger partial charge is 0.419 e. The zero-order chi connectivity index (χ0) is 22.6. The number of hydrogen-bond acceptors (Lipinski definition) is 3. The Bertz CT molecular complexity index is 1150. The number of hydrogen-bond donors (Lipinski definition) is 0. The Morgan fingerprint density at radius 2 is 1.94 bits per heavy atom. The minimum Gasteiger partial charge on any atom is -0.391 e. The van der Waals surface area contributed by atoms with Gasteiger partial charge in [-0.2, -0.15) is 13.2 Å². The summed E-state index contributed by atoms with van der Waals surface area (Å²) < 4.78 is 54.8. The highest BCUT2D eigenvalue weighted by atomic mass is 19.4. The number of imidazole rings is 1. The highest BCUT2D eigenvalue weighted by Crippen LogP contribution is 2.32. The van der Waals surface area contributed by atoms with Crippen LogP contribution < -0.4 is 0 Å². The van der Waals surface area contributed by atoms with E-state index in [1.165, 1.54) is 6.07 Å². The second-order valence-corrected chi connectivity index (χ2v) is 7.44. The molecular formula is C24H19F4N3O. The van der Waals surface area contributed by atoms with Crippen molar-refractivity contribution in [1.29, 1.82) is 0 Å². The third kappa shape index (κ3) is 5.55. The maximum absolute atomic E-state index is 14.2. The summed E-state index contributed by atoms with van der Waals surface area (Å²) in [7, 11) is 0. The van der Waals surface area contributed by atoms with Crippen molar-refractivity contribution < 1.29 is 22.4 Å². The molecule has 0 radical (unpaired) electrons. The maximum atomic E-state index is 14.2. The van der Waals surface area contributed by atoms with Gasteiger partial charge in [-0.25, -0.2) is 9.37 Å². The van der Waals surface area contributed by atoms with Crippen LogP contribution in [0.15, 0.2) is 66.3 Å². The predicted octanol–water partition coefficient (Wildman–Crippen LogP) is 5.42.